The predicted molar refractivity (Wildman–Crippen MR) is 83.6 cm³/mol. The number of hydrogen-bond acceptors (Lipinski definition) is 2. The molecule has 2 nitrogen and oxygen atoms in total. The van der Waals surface area contributed by atoms with Crippen molar-refractivity contribution >= 4 is 17.3 Å². The lowest BCUT2D eigenvalue weighted by Crippen LogP contribution is -2.24. The molecule has 0 atom stereocenters. The quantitative estimate of drug-likeness (QED) is 0.886. The van der Waals surface area contributed by atoms with Crippen LogP contribution in [0.5, 0.6) is 5.75 Å². The Hall–Kier alpha value is -1.67. The third-order valence-corrected chi connectivity index (χ3v) is 3.81. The summed E-state index contributed by atoms with van der Waals surface area (Å²) in [7, 11) is 0. The zero-order valence-corrected chi connectivity index (χ0v) is 12.5. The molecule has 1 heterocycles. The summed E-state index contributed by atoms with van der Waals surface area (Å²) in [5.41, 5.74) is 3.40. The topological polar surface area (TPSA) is 21.3 Å². The smallest absolute Gasteiger partial charge is 0.123 e. The maximum Gasteiger partial charge on any atom is 0.123 e. The molecule has 3 rings (SSSR count). The Balaban J connectivity index is 1.73. The molecule has 0 saturated carbocycles. The van der Waals surface area contributed by atoms with E-state index in [1.54, 1.807) is 0 Å². The van der Waals surface area contributed by atoms with Gasteiger partial charge < -0.3 is 10.1 Å². The van der Waals surface area contributed by atoms with E-state index in [1.807, 2.05) is 24.3 Å². The molecule has 0 unspecified atom stereocenters. The lowest BCUT2D eigenvalue weighted by Gasteiger charge is -2.16. The summed E-state index contributed by atoms with van der Waals surface area (Å²) in [5.74, 6) is 1.01. The van der Waals surface area contributed by atoms with E-state index in [2.05, 4.69) is 37.4 Å². The lowest BCUT2D eigenvalue weighted by atomic mass is 10.0. The predicted octanol–water partition coefficient (Wildman–Crippen LogP) is 4.67. The van der Waals surface area contributed by atoms with Crippen LogP contribution in [-0.4, -0.2) is 5.60 Å². The second-order valence-electron chi connectivity index (χ2n) is 5.81. The van der Waals surface area contributed by atoms with Gasteiger partial charge in [0, 0.05) is 13.0 Å². The molecule has 1 aliphatic heterocycles. The number of ether oxygens (including phenoxy) is 1. The summed E-state index contributed by atoms with van der Waals surface area (Å²) in [6.45, 7) is 5.00. The molecule has 104 valence electrons. The van der Waals surface area contributed by atoms with Crippen LogP contribution in [0, 0.1) is 0 Å². The molecule has 0 spiro atoms. The van der Waals surface area contributed by atoms with Crippen molar-refractivity contribution in [1.29, 1.82) is 0 Å². The van der Waals surface area contributed by atoms with Gasteiger partial charge in [-0.1, -0.05) is 35.9 Å². The Morgan fingerprint density at radius 3 is 2.80 bits per heavy atom. The van der Waals surface area contributed by atoms with Gasteiger partial charge >= 0.3 is 0 Å². The number of anilines is 1. The highest BCUT2D eigenvalue weighted by atomic mass is 35.5. The number of benzene rings is 2. The van der Waals surface area contributed by atoms with Gasteiger partial charge in [0.15, 0.2) is 0 Å². The highest BCUT2D eigenvalue weighted by Gasteiger charge is 2.29. The minimum absolute atomic E-state index is 0.0862. The van der Waals surface area contributed by atoms with Gasteiger partial charge in [0.25, 0.3) is 0 Å². The first-order chi connectivity index (χ1) is 9.53. The first-order valence-electron chi connectivity index (χ1n) is 6.83. The Morgan fingerprint density at radius 1 is 1.20 bits per heavy atom. The molecule has 0 aliphatic carbocycles. The van der Waals surface area contributed by atoms with Gasteiger partial charge in [-0.15, -0.1) is 0 Å². The lowest BCUT2D eigenvalue weighted by molar-refractivity contribution is 0.138. The summed E-state index contributed by atoms with van der Waals surface area (Å²) in [6.07, 6.45) is 0.961. The molecule has 0 bridgehead atoms. The van der Waals surface area contributed by atoms with Crippen LogP contribution >= 0.6 is 11.6 Å². The second-order valence-corrected chi connectivity index (χ2v) is 6.22. The fraction of sp³-hybridized carbons (Fsp3) is 0.294. The summed E-state index contributed by atoms with van der Waals surface area (Å²) in [5, 5.41) is 4.12. The van der Waals surface area contributed by atoms with Crippen molar-refractivity contribution in [3.8, 4) is 5.75 Å². The van der Waals surface area contributed by atoms with Crippen molar-refractivity contribution in [2.75, 3.05) is 5.32 Å². The zero-order valence-electron chi connectivity index (χ0n) is 11.7. The standard InChI is InChI=1S/C17H18ClNO/c1-17(2)10-13-9-12(7-8-16(13)20-17)11-19-15-6-4-3-5-14(15)18/h3-9,19H,10-11H2,1-2H3. The molecule has 1 aliphatic rings. The van der Waals surface area contributed by atoms with Crippen LogP contribution in [0.15, 0.2) is 42.5 Å². The first-order valence-corrected chi connectivity index (χ1v) is 7.20. The highest BCUT2D eigenvalue weighted by Crippen LogP contribution is 2.35. The Bertz CT molecular complexity index is 637. The first kappa shape index (κ1) is 13.3. The molecule has 0 radical (unpaired) electrons. The monoisotopic (exact) mass is 287 g/mol. The molecule has 20 heavy (non-hydrogen) atoms. The van der Waals surface area contributed by atoms with E-state index in [9.17, 15) is 0 Å². The molecule has 1 N–H and O–H groups in total. The highest BCUT2D eigenvalue weighted by molar-refractivity contribution is 6.33. The number of rotatable bonds is 3. The fourth-order valence-electron chi connectivity index (χ4n) is 2.57. The van der Waals surface area contributed by atoms with Crippen molar-refractivity contribution in [2.45, 2.75) is 32.4 Å². The van der Waals surface area contributed by atoms with Crippen LogP contribution in [0.1, 0.15) is 25.0 Å². The molecule has 2 aromatic carbocycles. The minimum Gasteiger partial charge on any atom is -0.487 e. The van der Waals surface area contributed by atoms with Crippen LogP contribution in [0.3, 0.4) is 0 Å². The van der Waals surface area contributed by atoms with E-state index in [0.717, 1.165) is 29.4 Å². The fourth-order valence-corrected chi connectivity index (χ4v) is 2.78. The van der Waals surface area contributed by atoms with E-state index < -0.39 is 0 Å². The third kappa shape index (κ3) is 2.75. The third-order valence-electron chi connectivity index (χ3n) is 3.48. The zero-order chi connectivity index (χ0) is 14.2. The molecule has 0 aromatic heterocycles. The van der Waals surface area contributed by atoms with Gasteiger partial charge in [-0.3, -0.25) is 0 Å². The van der Waals surface area contributed by atoms with Gasteiger partial charge in [0.1, 0.15) is 11.4 Å². The van der Waals surface area contributed by atoms with Crippen LogP contribution in [0.2, 0.25) is 5.02 Å². The summed E-state index contributed by atoms with van der Waals surface area (Å²) >= 11 is 6.14. The number of nitrogens with one attached hydrogen (secondary N) is 1. The largest absolute Gasteiger partial charge is 0.487 e. The second kappa shape index (κ2) is 5.02. The summed E-state index contributed by atoms with van der Waals surface area (Å²) in [4.78, 5) is 0. The SMILES string of the molecule is CC1(C)Cc2cc(CNc3ccccc3Cl)ccc2O1. The number of hydrogen-bond donors (Lipinski definition) is 1. The normalized spacial score (nSPS) is 15.6. The van der Waals surface area contributed by atoms with E-state index >= 15 is 0 Å². The summed E-state index contributed by atoms with van der Waals surface area (Å²) < 4.78 is 5.89. The number of fused-ring (bicyclic) bond motifs is 1. The average molecular weight is 288 g/mol. The van der Waals surface area contributed by atoms with Crippen LogP contribution in [-0.2, 0) is 13.0 Å². The Morgan fingerprint density at radius 2 is 2.00 bits per heavy atom. The van der Waals surface area contributed by atoms with Crippen LogP contribution in [0.4, 0.5) is 5.69 Å². The van der Waals surface area contributed by atoms with Gasteiger partial charge in [0.05, 0.1) is 10.7 Å². The van der Waals surface area contributed by atoms with Gasteiger partial charge in [-0.05, 0) is 43.2 Å². The Labute approximate surface area is 124 Å². The van der Waals surface area contributed by atoms with Crippen LogP contribution < -0.4 is 10.1 Å². The van der Waals surface area contributed by atoms with E-state index in [4.69, 9.17) is 16.3 Å². The van der Waals surface area contributed by atoms with E-state index in [-0.39, 0.29) is 5.60 Å². The molecule has 0 saturated heterocycles. The van der Waals surface area contributed by atoms with Gasteiger partial charge in [0.2, 0.25) is 0 Å². The molecule has 2 aromatic rings. The van der Waals surface area contributed by atoms with E-state index in [1.165, 1.54) is 11.1 Å². The summed E-state index contributed by atoms with van der Waals surface area (Å²) in [6, 6.07) is 14.2. The minimum atomic E-state index is -0.0862. The van der Waals surface area contributed by atoms with Crippen molar-refractivity contribution in [3.05, 3.63) is 58.6 Å². The van der Waals surface area contributed by atoms with Gasteiger partial charge in [-0.25, -0.2) is 0 Å². The van der Waals surface area contributed by atoms with E-state index in [0.29, 0.717) is 0 Å². The Kier molecular flexibility index (Phi) is 3.35. The maximum atomic E-state index is 6.14. The van der Waals surface area contributed by atoms with Crippen molar-refractivity contribution in [2.24, 2.45) is 0 Å². The van der Waals surface area contributed by atoms with Crippen molar-refractivity contribution in [3.63, 3.8) is 0 Å². The maximum absolute atomic E-state index is 6.14. The number of halogens is 1. The molecular formula is C17H18ClNO. The van der Waals surface area contributed by atoms with Crippen molar-refractivity contribution < 1.29 is 4.74 Å². The molecule has 0 amide bonds. The molecule has 0 fully saturated rings. The van der Waals surface area contributed by atoms with Crippen molar-refractivity contribution in [1.82, 2.24) is 0 Å². The van der Waals surface area contributed by atoms with Crippen LogP contribution in [0.25, 0.3) is 0 Å². The average Bonchev–Trinajstić information content (AvgIpc) is 2.71. The van der Waals surface area contributed by atoms with Gasteiger partial charge in [-0.2, -0.15) is 0 Å². The molecule has 3 heteroatoms. The number of para-hydroxylation sites is 1. The molecular weight excluding hydrogens is 270 g/mol.